The monoisotopic (exact) mass is 472 g/mol. The van der Waals surface area contributed by atoms with Crippen molar-refractivity contribution in [1.29, 1.82) is 0 Å². The van der Waals surface area contributed by atoms with Gasteiger partial charge in [0.25, 0.3) is 0 Å². The zero-order valence-corrected chi connectivity index (χ0v) is 19.1. The molecular weight excluding hydrogens is 443 g/mol. The molecule has 0 heterocycles. The summed E-state index contributed by atoms with van der Waals surface area (Å²) in [6.07, 6.45) is 2.55. The zero-order chi connectivity index (χ0) is 16.9. The minimum atomic E-state index is -1.02. The maximum absolute atomic E-state index is 2.55. The summed E-state index contributed by atoms with van der Waals surface area (Å²) in [5.74, 6) is 1.35. The molecule has 0 aromatic heterocycles. The Morgan fingerprint density at radius 3 is 2.09 bits per heavy atom. The van der Waals surface area contributed by atoms with Crippen LogP contribution in [0, 0.1) is 5.92 Å². The Hall–Kier alpha value is -0.690. The second kappa shape index (κ2) is 5.99. The molecule has 1 atom stereocenters. The predicted octanol–water partition coefficient (Wildman–Crippen LogP) is 6.73. The molecule has 2 aliphatic carbocycles. The van der Waals surface area contributed by atoms with E-state index in [2.05, 4.69) is 78.8 Å². The first-order valence-electron chi connectivity index (χ1n) is 8.72. The van der Waals surface area contributed by atoms with Gasteiger partial charge in [-0.25, -0.2) is 0 Å². The van der Waals surface area contributed by atoms with E-state index in [1.807, 2.05) is 3.33 Å². The summed E-state index contributed by atoms with van der Waals surface area (Å²) in [4.78, 5) is 0. The normalized spacial score (nSPS) is 22.8. The van der Waals surface area contributed by atoms with Crippen LogP contribution < -0.4 is 0 Å². The number of benzene rings is 1. The number of rotatable bonds is 3. The molecule has 1 unspecified atom stereocenters. The maximum atomic E-state index is 2.55. The number of hydrogen-bond donors (Lipinski definition) is 0. The van der Waals surface area contributed by atoms with Gasteiger partial charge in [-0.3, -0.25) is 0 Å². The summed E-state index contributed by atoms with van der Waals surface area (Å²) < 4.78 is 2.19. The van der Waals surface area contributed by atoms with E-state index < -0.39 is 22.9 Å². The second-order valence-electron chi connectivity index (χ2n) is 7.70. The molecule has 0 radical (unpaired) electrons. The van der Waals surface area contributed by atoms with Gasteiger partial charge in [-0.05, 0) is 0 Å². The molecule has 0 bridgehead atoms. The molecule has 0 aliphatic heterocycles. The number of allylic oxidation sites excluding steroid dienone is 5. The van der Waals surface area contributed by atoms with Gasteiger partial charge in [-0.1, -0.05) is 0 Å². The summed E-state index contributed by atoms with van der Waals surface area (Å²) in [6.45, 7) is 16.7. The van der Waals surface area contributed by atoms with E-state index in [0.29, 0.717) is 15.0 Å². The van der Waals surface area contributed by atoms with Gasteiger partial charge in [0.15, 0.2) is 0 Å². The van der Waals surface area contributed by atoms with Crippen LogP contribution in [0.3, 0.4) is 0 Å². The van der Waals surface area contributed by atoms with Crippen molar-refractivity contribution < 1.29 is 22.9 Å². The van der Waals surface area contributed by atoms with Gasteiger partial charge < -0.3 is 0 Å². The first kappa shape index (κ1) is 17.1. The number of fused-ring (bicyclic) bond motifs is 1. The van der Waals surface area contributed by atoms with Gasteiger partial charge in [0.1, 0.15) is 0 Å². The second-order valence-corrected chi connectivity index (χ2v) is 14.3. The Bertz CT molecular complexity index is 719. The van der Waals surface area contributed by atoms with Crippen LogP contribution in [0.15, 0.2) is 49.9 Å². The average Bonchev–Trinajstić information content (AvgIpc) is 2.94. The fourth-order valence-electron chi connectivity index (χ4n) is 4.25. The van der Waals surface area contributed by atoms with Gasteiger partial charge in [-0.15, -0.1) is 0 Å². The molecule has 120 valence electrons. The molecule has 0 fully saturated rings. The van der Waals surface area contributed by atoms with Crippen molar-refractivity contribution >= 4 is 6.08 Å². The van der Waals surface area contributed by atoms with Crippen LogP contribution in [-0.4, -0.2) is 0 Å². The molecule has 3 rings (SSSR count). The quantitative estimate of drug-likeness (QED) is 0.430. The van der Waals surface area contributed by atoms with Crippen molar-refractivity contribution in [2.45, 2.75) is 57.6 Å². The van der Waals surface area contributed by atoms with Crippen molar-refractivity contribution in [2.24, 2.45) is 5.92 Å². The van der Waals surface area contributed by atoms with E-state index in [4.69, 9.17) is 0 Å². The summed E-state index contributed by atoms with van der Waals surface area (Å²) in [7, 11) is 0. The Balaban J connectivity index is 2.01. The van der Waals surface area contributed by atoms with Crippen LogP contribution in [-0.2, 0) is 22.9 Å². The van der Waals surface area contributed by atoms with Crippen LogP contribution in [0.25, 0.3) is 6.08 Å². The Kier molecular flexibility index (Phi) is 4.46. The molecule has 0 nitrogen and oxygen atoms in total. The molecule has 1 aromatic rings. The van der Waals surface area contributed by atoms with E-state index >= 15 is 0 Å². The molecular formula is C22H28Hf. The summed E-state index contributed by atoms with van der Waals surface area (Å²) in [6, 6.07) is 9.05. The molecule has 0 spiro atoms. The predicted molar refractivity (Wildman–Crippen MR) is 97.1 cm³/mol. The van der Waals surface area contributed by atoms with Crippen molar-refractivity contribution in [3.63, 3.8) is 0 Å². The fraction of sp³-hybridized carbons (Fsp3) is 0.455. The zero-order valence-electron chi connectivity index (χ0n) is 15.5. The summed E-state index contributed by atoms with van der Waals surface area (Å²) in [5.41, 5.74) is 9.45. The Morgan fingerprint density at radius 2 is 1.52 bits per heavy atom. The molecule has 23 heavy (non-hydrogen) atoms. The third kappa shape index (κ3) is 2.60. The fourth-order valence-corrected chi connectivity index (χ4v) is 12.2. The third-order valence-electron chi connectivity index (χ3n) is 6.23. The Labute approximate surface area is 153 Å². The van der Waals surface area contributed by atoms with Gasteiger partial charge in [-0.2, -0.15) is 0 Å². The van der Waals surface area contributed by atoms with Crippen molar-refractivity contribution in [3.05, 3.63) is 61.0 Å². The Morgan fingerprint density at radius 1 is 0.957 bits per heavy atom. The van der Waals surface area contributed by atoms with Crippen LogP contribution in [0.1, 0.15) is 65.5 Å². The molecule has 0 saturated carbocycles. The first-order chi connectivity index (χ1) is 10.8. The molecule has 0 amide bonds. The molecule has 2 aliphatic rings. The van der Waals surface area contributed by atoms with Gasteiger partial charge in [0, 0.05) is 0 Å². The van der Waals surface area contributed by atoms with Crippen LogP contribution in [0.4, 0.5) is 0 Å². The SMILES string of the molecule is CC1=C(C)[C](C)([Hf][C]2=Cc3ccccc3C2C(C)C)C(C)=C1C. The summed E-state index contributed by atoms with van der Waals surface area (Å²) in [5, 5.41) is 0. The standard InChI is InChI=1S/C12H13.C10H15.Hf/c1-9(2)11-8-7-10-5-3-4-6-12(10)11;1-6-7(2)9(4)10(5)8(6)3;/h3-7,9,11H,1-2H3;1-5H3;. The van der Waals surface area contributed by atoms with Crippen LogP contribution in [0.5, 0.6) is 0 Å². The van der Waals surface area contributed by atoms with E-state index in [1.165, 1.54) is 5.56 Å². The summed E-state index contributed by atoms with van der Waals surface area (Å²) >= 11 is -1.02. The van der Waals surface area contributed by atoms with Crippen LogP contribution >= 0.6 is 0 Å². The minimum absolute atomic E-state index is 0.384. The first-order valence-corrected chi connectivity index (χ1v) is 12.3. The van der Waals surface area contributed by atoms with Gasteiger partial charge in [0.05, 0.1) is 0 Å². The molecule has 1 aromatic carbocycles. The van der Waals surface area contributed by atoms with E-state index in [0.717, 1.165) is 0 Å². The van der Waals surface area contributed by atoms with Gasteiger partial charge in [0.2, 0.25) is 0 Å². The average molecular weight is 471 g/mol. The third-order valence-corrected chi connectivity index (χ3v) is 13.4. The topological polar surface area (TPSA) is 0 Å². The molecule has 1 heteroatoms. The van der Waals surface area contributed by atoms with E-state index in [9.17, 15) is 0 Å². The van der Waals surface area contributed by atoms with Crippen molar-refractivity contribution in [3.8, 4) is 0 Å². The van der Waals surface area contributed by atoms with E-state index in [1.54, 1.807) is 27.9 Å². The molecule has 0 saturated heterocycles. The number of hydrogen-bond acceptors (Lipinski definition) is 0. The van der Waals surface area contributed by atoms with Crippen LogP contribution in [0.2, 0.25) is 3.17 Å². The molecule has 0 N–H and O–H groups in total. The van der Waals surface area contributed by atoms with Crippen molar-refractivity contribution in [2.75, 3.05) is 0 Å². The van der Waals surface area contributed by atoms with E-state index in [-0.39, 0.29) is 0 Å². The van der Waals surface area contributed by atoms with Gasteiger partial charge >= 0.3 is 153 Å². The van der Waals surface area contributed by atoms with Crippen molar-refractivity contribution in [1.82, 2.24) is 0 Å².